The number of carbonyl (C=O) groups is 1. The van der Waals surface area contributed by atoms with Crippen LogP contribution in [0.3, 0.4) is 0 Å². The van der Waals surface area contributed by atoms with Gasteiger partial charge in [0, 0.05) is 24.7 Å². The van der Waals surface area contributed by atoms with Crippen LogP contribution in [0.2, 0.25) is 5.02 Å². The third-order valence-electron chi connectivity index (χ3n) is 3.33. The maximum atomic E-state index is 12.1. The molecule has 0 radical (unpaired) electrons. The molecule has 1 fully saturated rings. The number of morpholine rings is 1. The lowest BCUT2D eigenvalue weighted by molar-refractivity contribution is -0.136. The molecule has 106 valence electrons. The molecule has 1 saturated heterocycles. The molecule has 2 heterocycles. The molecule has 1 amide bonds. The van der Waals surface area contributed by atoms with E-state index in [0.717, 1.165) is 10.9 Å². The zero-order chi connectivity index (χ0) is 14.1. The van der Waals surface area contributed by atoms with Crippen LogP contribution in [-0.2, 0) is 16.1 Å². The Morgan fingerprint density at radius 3 is 2.90 bits per heavy atom. The van der Waals surface area contributed by atoms with Crippen molar-refractivity contribution in [3.63, 3.8) is 0 Å². The summed E-state index contributed by atoms with van der Waals surface area (Å²) in [7, 11) is 0. The molecule has 0 aliphatic carbocycles. The average Bonchev–Trinajstić information content (AvgIpc) is 2.81. The van der Waals surface area contributed by atoms with Crippen LogP contribution in [0.4, 0.5) is 5.69 Å². The van der Waals surface area contributed by atoms with Crippen molar-refractivity contribution in [3.05, 3.63) is 23.4 Å². The number of hydrogen-bond acceptors (Lipinski definition) is 4. The Bertz CT molecular complexity index is 610. The molecule has 0 saturated carbocycles. The highest BCUT2D eigenvalue weighted by atomic mass is 35.5. The van der Waals surface area contributed by atoms with Crippen molar-refractivity contribution in [2.24, 2.45) is 0 Å². The largest absolute Gasteiger partial charge is 0.398 e. The number of ether oxygens (including phenoxy) is 1. The fourth-order valence-electron chi connectivity index (χ4n) is 2.25. The Balaban J connectivity index is 1.78. The molecule has 2 N–H and O–H groups in total. The average molecular weight is 295 g/mol. The first-order valence-corrected chi connectivity index (χ1v) is 6.79. The molecular weight excluding hydrogens is 280 g/mol. The van der Waals surface area contributed by atoms with E-state index >= 15 is 0 Å². The Labute approximate surface area is 121 Å². The molecule has 1 aliphatic heterocycles. The van der Waals surface area contributed by atoms with Gasteiger partial charge in [-0.15, -0.1) is 0 Å². The topological polar surface area (TPSA) is 73.4 Å². The number of carbonyl (C=O) groups excluding carboxylic acids is 1. The van der Waals surface area contributed by atoms with Crippen molar-refractivity contribution >= 4 is 34.1 Å². The summed E-state index contributed by atoms with van der Waals surface area (Å²) in [6, 6.07) is 3.47. The van der Waals surface area contributed by atoms with Crippen molar-refractivity contribution in [3.8, 4) is 0 Å². The number of nitrogen functional groups attached to an aromatic ring is 1. The minimum absolute atomic E-state index is 0.0418. The van der Waals surface area contributed by atoms with E-state index < -0.39 is 0 Å². The summed E-state index contributed by atoms with van der Waals surface area (Å²) in [5.41, 5.74) is 7.00. The molecule has 2 aromatic rings. The first kappa shape index (κ1) is 13.2. The predicted octanol–water partition coefficient (Wildman–Crippen LogP) is 1.13. The van der Waals surface area contributed by atoms with E-state index in [4.69, 9.17) is 22.1 Å². The van der Waals surface area contributed by atoms with Gasteiger partial charge >= 0.3 is 0 Å². The predicted molar refractivity (Wildman–Crippen MR) is 76.6 cm³/mol. The SMILES string of the molecule is Nc1cc2cn(CC(=O)N3CCOCC3)nc2cc1Cl. The quantitative estimate of drug-likeness (QED) is 0.843. The number of nitrogens with zero attached hydrogens (tertiary/aromatic N) is 3. The van der Waals surface area contributed by atoms with Gasteiger partial charge in [0.2, 0.25) is 5.91 Å². The van der Waals surface area contributed by atoms with Gasteiger partial charge in [-0.05, 0) is 12.1 Å². The van der Waals surface area contributed by atoms with Crippen LogP contribution in [-0.4, -0.2) is 46.9 Å². The van der Waals surface area contributed by atoms with Gasteiger partial charge in [-0.2, -0.15) is 5.10 Å². The lowest BCUT2D eigenvalue weighted by atomic mass is 10.2. The molecule has 1 aromatic heterocycles. The number of benzene rings is 1. The number of hydrogen-bond donors (Lipinski definition) is 1. The number of anilines is 1. The molecule has 0 unspecified atom stereocenters. The van der Waals surface area contributed by atoms with Crippen molar-refractivity contribution in [1.82, 2.24) is 14.7 Å². The van der Waals surface area contributed by atoms with Gasteiger partial charge in [-0.3, -0.25) is 9.48 Å². The lowest BCUT2D eigenvalue weighted by Crippen LogP contribution is -2.42. The summed E-state index contributed by atoms with van der Waals surface area (Å²) in [5, 5.41) is 5.70. The standard InChI is InChI=1S/C13H15ClN4O2/c14-10-6-12-9(5-11(10)15)7-18(16-12)8-13(19)17-1-3-20-4-2-17/h5-7H,1-4,8,15H2. The van der Waals surface area contributed by atoms with E-state index in [2.05, 4.69) is 5.10 Å². The van der Waals surface area contributed by atoms with Crippen LogP contribution in [0.1, 0.15) is 0 Å². The van der Waals surface area contributed by atoms with Gasteiger partial charge in [-0.25, -0.2) is 0 Å². The maximum Gasteiger partial charge on any atom is 0.244 e. The molecule has 20 heavy (non-hydrogen) atoms. The van der Waals surface area contributed by atoms with Crippen LogP contribution in [0.15, 0.2) is 18.3 Å². The second kappa shape index (κ2) is 5.30. The number of fused-ring (bicyclic) bond motifs is 1. The van der Waals surface area contributed by atoms with E-state index in [9.17, 15) is 4.79 Å². The monoisotopic (exact) mass is 294 g/mol. The van der Waals surface area contributed by atoms with Gasteiger partial charge < -0.3 is 15.4 Å². The van der Waals surface area contributed by atoms with E-state index in [-0.39, 0.29) is 12.5 Å². The summed E-state index contributed by atoms with van der Waals surface area (Å²) in [6.07, 6.45) is 1.81. The second-order valence-electron chi connectivity index (χ2n) is 4.75. The number of rotatable bonds is 2. The Kier molecular flexibility index (Phi) is 3.50. The van der Waals surface area contributed by atoms with Crippen molar-refractivity contribution in [1.29, 1.82) is 0 Å². The van der Waals surface area contributed by atoms with Crippen LogP contribution in [0.5, 0.6) is 0 Å². The van der Waals surface area contributed by atoms with Crippen LogP contribution >= 0.6 is 11.6 Å². The fraction of sp³-hybridized carbons (Fsp3) is 0.385. The molecule has 3 rings (SSSR count). The number of nitrogens with two attached hydrogens (primary N) is 1. The molecule has 0 spiro atoms. The summed E-state index contributed by atoms with van der Waals surface area (Å²) < 4.78 is 6.85. The molecule has 6 nitrogen and oxygen atoms in total. The highest BCUT2D eigenvalue weighted by molar-refractivity contribution is 6.33. The number of amides is 1. The normalized spacial score (nSPS) is 15.8. The van der Waals surface area contributed by atoms with E-state index in [1.54, 1.807) is 27.9 Å². The smallest absolute Gasteiger partial charge is 0.244 e. The van der Waals surface area contributed by atoms with Crippen LogP contribution in [0.25, 0.3) is 10.9 Å². The highest BCUT2D eigenvalue weighted by Gasteiger charge is 2.17. The number of aromatic nitrogens is 2. The molecular formula is C13H15ClN4O2. The third kappa shape index (κ3) is 2.57. The Morgan fingerprint density at radius 1 is 1.40 bits per heavy atom. The van der Waals surface area contributed by atoms with Gasteiger partial charge in [0.15, 0.2) is 0 Å². The second-order valence-corrected chi connectivity index (χ2v) is 5.16. The molecule has 7 heteroatoms. The van der Waals surface area contributed by atoms with Gasteiger partial charge in [0.1, 0.15) is 6.54 Å². The first-order valence-electron chi connectivity index (χ1n) is 6.41. The highest BCUT2D eigenvalue weighted by Crippen LogP contribution is 2.24. The summed E-state index contributed by atoms with van der Waals surface area (Å²) >= 11 is 5.96. The maximum absolute atomic E-state index is 12.1. The van der Waals surface area contributed by atoms with Crippen molar-refractivity contribution in [2.45, 2.75) is 6.54 Å². The lowest BCUT2D eigenvalue weighted by Gasteiger charge is -2.26. The van der Waals surface area contributed by atoms with Gasteiger partial charge in [0.25, 0.3) is 0 Å². The molecule has 0 bridgehead atoms. The fourth-order valence-corrected chi connectivity index (χ4v) is 2.41. The Hall–Kier alpha value is -1.79. The summed E-state index contributed by atoms with van der Waals surface area (Å²) in [5.74, 6) is 0.0418. The minimum atomic E-state index is 0.0418. The summed E-state index contributed by atoms with van der Waals surface area (Å²) in [4.78, 5) is 13.9. The molecule has 0 atom stereocenters. The van der Waals surface area contributed by atoms with Gasteiger partial charge in [0.05, 0.1) is 29.4 Å². The molecule has 1 aliphatic rings. The Morgan fingerprint density at radius 2 is 2.15 bits per heavy atom. The van der Waals surface area contributed by atoms with Crippen LogP contribution in [0, 0.1) is 0 Å². The minimum Gasteiger partial charge on any atom is -0.398 e. The summed E-state index contributed by atoms with van der Waals surface area (Å²) in [6.45, 7) is 2.68. The zero-order valence-electron chi connectivity index (χ0n) is 10.9. The van der Waals surface area contributed by atoms with Gasteiger partial charge in [-0.1, -0.05) is 11.6 Å². The number of halogens is 1. The first-order chi connectivity index (χ1) is 9.63. The third-order valence-corrected chi connectivity index (χ3v) is 3.66. The van der Waals surface area contributed by atoms with Crippen LogP contribution < -0.4 is 5.73 Å². The van der Waals surface area contributed by atoms with Crippen molar-refractivity contribution < 1.29 is 9.53 Å². The van der Waals surface area contributed by atoms with E-state index in [1.807, 2.05) is 0 Å². The van der Waals surface area contributed by atoms with E-state index in [0.29, 0.717) is 37.0 Å². The zero-order valence-corrected chi connectivity index (χ0v) is 11.6. The van der Waals surface area contributed by atoms with Crippen molar-refractivity contribution in [2.75, 3.05) is 32.0 Å². The molecule has 1 aromatic carbocycles. The van der Waals surface area contributed by atoms with E-state index in [1.165, 1.54) is 0 Å².